The number of ketones is 1. The second kappa shape index (κ2) is 10.7. The lowest BCUT2D eigenvalue weighted by atomic mass is 10.1. The van der Waals surface area contributed by atoms with E-state index in [-0.39, 0.29) is 28.8 Å². The van der Waals surface area contributed by atoms with Gasteiger partial charge in [0, 0.05) is 47.1 Å². The maximum atomic E-state index is 12.9. The first-order chi connectivity index (χ1) is 17.0. The van der Waals surface area contributed by atoms with E-state index < -0.39 is 16.2 Å². The maximum absolute atomic E-state index is 12.9. The van der Waals surface area contributed by atoms with Crippen LogP contribution in [0.4, 0.5) is 17.1 Å². The molecule has 1 amide bonds. The van der Waals surface area contributed by atoms with Crippen LogP contribution >= 0.6 is 58.0 Å². The largest absolute Gasteiger partial charge is 0.378 e. The van der Waals surface area contributed by atoms with Crippen LogP contribution < -0.4 is 15.5 Å². The molecule has 36 heavy (non-hydrogen) atoms. The molecule has 3 aromatic rings. The number of nitrogens with one attached hydrogen (secondary N) is 2. The van der Waals surface area contributed by atoms with E-state index in [1.807, 2.05) is 43.3 Å². The van der Waals surface area contributed by atoms with Gasteiger partial charge in [-0.2, -0.15) is 0 Å². The molecular formula is C26H22Cl5N3O2. The maximum Gasteiger partial charge on any atom is 0.257 e. The van der Waals surface area contributed by atoms with Crippen LogP contribution in [-0.2, 0) is 4.79 Å². The molecule has 2 unspecified atom stereocenters. The van der Waals surface area contributed by atoms with Crippen molar-refractivity contribution in [1.82, 2.24) is 0 Å². The Bertz CT molecular complexity index is 1290. The molecule has 0 heterocycles. The first-order valence-corrected chi connectivity index (χ1v) is 12.8. The molecule has 0 aliphatic heterocycles. The summed E-state index contributed by atoms with van der Waals surface area (Å²) in [6, 6.07) is 17.3. The third-order valence-electron chi connectivity index (χ3n) is 5.96. The molecule has 1 fully saturated rings. The zero-order valence-corrected chi connectivity index (χ0v) is 23.1. The first-order valence-electron chi connectivity index (χ1n) is 11.0. The van der Waals surface area contributed by atoms with E-state index in [0.29, 0.717) is 27.0 Å². The van der Waals surface area contributed by atoms with E-state index in [0.717, 1.165) is 5.69 Å². The average Bonchev–Trinajstić information content (AvgIpc) is 3.40. The second-order valence-electron chi connectivity index (χ2n) is 8.74. The quantitative estimate of drug-likeness (QED) is 0.268. The number of carbonyl (C=O) groups is 2. The van der Waals surface area contributed by atoms with Crippen LogP contribution in [-0.4, -0.2) is 36.7 Å². The van der Waals surface area contributed by atoms with E-state index in [4.69, 9.17) is 58.0 Å². The van der Waals surface area contributed by atoms with E-state index in [1.54, 1.807) is 36.4 Å². The summed E-state index contributed by atoms with van der Waals surface area (Å²) < 4.78 is -1.25. The second-order valence-corrected chi connectivity index (χ2v) is 11.5. The fraction of sp³-hybridized carbons (Fsp3) is 0.231. The number of hydrogen-bond acceptors (Lipinski definition) is 4. The standard InChI is InChI=1S/C26H22Cl5N3O2/c1-34(2)19-6-3-17(4-7-19)33-25(36)20-12-18(5-8-21(20)29)32-13-22(35)24-23(26(24,30)31)14-9-15(27)11-16(28)10-14/h3-12,23-24,32H,13H2,1-2H3,(H,33,36). The highest BCUT2D eigenvalue weighted by molar-refractivity contribution is 6.53. The Kier molecular flexibility index (Phi) is 7.98. The molecule has 3 aromatic carbocycles. The lowest BCUT2D eigenvalue weighted by Gasteiger charge is -2.14. The Morgan fingerprint density at radius 2 is 1.50 bits per heavy atom. The van der Waals surface area contributed by atoms with Crippen molar-refractivity contribution < 1.29 is 9.59 Å². The number of Topliss-reactive ketones (excluding diaryl/α,β-unsaturated/α-hetero) is 1. The van der Waals surface area contributed by atoms with E-state index in [2.05, 4.69) is 10.6 Å². The van der Waals surface area contributed by atoms with Gasteiger partial charge < -0.3 is 15.5 Å². The zero-order valence-electron chi connectivity index (χ0n) is 19.3. The molecule has 1 aliphatic rings. The number of rotatable bonds is 8. The van der Waals surface area contributed by atoms with Gasteiger partial charge in [0.1, 0.15) is 4.33 Å². The summed E-state index contributed by atoms with van der Waals surface area (Å²) in [5.74, 6) is -1.59. The summed E-state index contributed by atoms with van der Waals surface area (Å²) in [7, 11) is 3.88. The third-order valence-corrected chi connectivity index (χ3v) is 7.67. The Balaban J connectivity index is 1.41. The normalized spacial score (nSPS) is 17.9. The number of nitrogens with zero attached hydrogens (tertiary/aromatic N) is 1. The van der Waals surface area contributed by atoms with Gasteiger partial charge in [-0.15, -0.1) is 23.2 Å². The van der Waals surface area contributed by atoms with Crippen molar-refractivity contribution in [1.29, 1.82) is 0 Å². The van der Waals surface area contributed by atoms with Gasteiger partial charge in [-0.3, -0.25) is 9.59 Å². The Hall–Kier alpha value is -2.15. The minimum absolute atomic E-state index is 0.0364. The molecule has 0 spiro atoms. The van der Waals surface area contributed by atoms with Gasteiger partial charge >= 0.3 is 0 Å². The average molecular weight is 586 g/mol. The molecule has 4 rings (SSSR count). The number of benzene rings is 3. The summed E-state index contributed by atoms with van der Waals surface area (Å²) >= 11 is 31.3. The molecule has 2 N–H and O–H groups in total. The topological polar surface area (TPSA) is 61.4 Å². The van der Waals surface area contributed by atoms with Gasteiger partial charge in [0.15, 0.2) is 5.78 Å². The number of halogens is 5. The zero-order chi connectivity index (χ0) is 26.2. The molecule has 10 heteroatoms. The summed E-state index contributed by atoms with van der Waals surface area (Å²) in [5, 5.41) is 7.05. The number of amides is 1. The van der Waals surface area contributed by atoms with Gasteiger partial charge in [-0.25, -0.2) is 0 Å². The molecule has 0 radical (unpaired) electrons. The number of anilines is 3. The Morgan fingerprint density at radius 3 is 2.11 bits per heavy atom. The van der Waals surface area contributed by atoms with Crippen LogP contribution in [0.1, 0.15) is 21.8 Å². The molecule has 0 saturated heterocycles. The van der Waals surface area contributed by atoms with Gasteiger partial charge in [-0.05, 0) is 66.2 Å². The molecule has 0 aromatic heterocycles. The molecule has 1 aliphatic carbocycles. The fourth-order valence-corrected chi connectivity index (χ4v) is 5.67. The summed E-state index contributed by atoms with van der Waals surface area (Å²) in [6.45, 7) is -0.0364. The Labute approximate surface area is 234 Å². The van der Waals surface area contributed by atoms with Gasteiger partial charge in [0.05, 0.1) is 23.0 Å². The highest BCUT2D eigenvalue weighted by Crippen LogP contribution is 2.65. The van der Waals surface area contributed by atoms with Gasteiger partial charge in [0.25, 0.3) is 5.91 Å². The first kappa shape index (κ1) is 26.9. The molecule has 2 atom stereocenters. The lowest BCUT2D eigenvalue weighted by molar-refractivity contribution is -0.118. The van der Waals surface area contributed by atoms with Crippen LogP contribution in [0.2, 0.25) is 15.1 Å². The monoisotopic (exact) mass is 583 g/mol. The van der Waals surface area contributed by atoms with E-state index >= 15 is 0 Å². The van der Waals surface area contributed by atoms with E-state index in [9.17, 15) is 9.59 Å². The fourth-order valence-electron chi connectivity index (χ4n) is 4.05. The molecule has 0 bridgehead atoms. The minimum Gasteiger partial charge on any atom is -0.378 e. The van der Waals surface area contributed by atoms with Gasteiger partial charge in [-0.1, -0.05) is 34.8 Å². The summed E-state index contributed by atoms with van der Waals surface area (Å²) in [5.41, 5.74) is 3.18. The van der Waals surface area contributed by atoms with Crippen molar-refractivity contribution in [2.45, 2.75) is 10.3 Å². The van der Waals surface area contributed by atoms with Crippen LogP contribution in [0, 0.1) is 5.92 Å². The number of alkyl halides is 2. The van der Waals surface area contributed by atoms with Crippen LogP contribution in [0.15, 0.2) is 60.7 Å². The number of carbonyl (C=O) groups excluding carboxylic acids is 2. The lowest BCUT2D eigenvalue weighted by Crippen LogP contribution is -2.19. The van der Waals surface area contributed by atoms with Crippen molar-refractivity contribution in [3.63, 3.8) is 0 Å². The minimum atomic E-state index is -1.25. The van der Waals surface area contributed by atoms with Crippen molar-refractivity contribution in [3.05, 3.63) is 86.9 Å². The highest BCUT2D eigenvalue weighted by Gasteiger charge is 2.67. The number of hydrogen-bond donors (Lipinski definition) is 2. The predicted molar refractivity (Wildman–Crippen MR) is 151 cm³/mol. The molecule has 1 saturated carbocycles. The summed E-state index contributed by atoms with van der Waals surface area (Å²) in [6.07, 6.45) is 0. The predicted octanol–water partition coefficient (Wildman–Crippen LogP) is 7.53. The summed E-state index contributed by atoms with van der Waals surface area (Å²) in [4.78, 5) is 27.8. The van der Waals surface area contributed by atoms with Gasteiger partial charge in [0.2, 0.25) is 0 Å². The van der Waals surface area contributed by atoms with Crippen LogP contribution in [0.25, 0.3) is 0 Å². The molecule has 5 nitrogen and oxygen atoms in total. The SMILES string of the molecule is CN(C)c1ccc(NC(=O)c2cc(NCC(=O)C3C(c4cc(Cl)cc(Cl)c4)C3(Cl)Cl)ccc2Cl)cc1. The van der Waals surface area contributed by atoms with Crippen LogP contribution in [0.3, 0.4) is 0 Å². The van der Waals surface area contributed by atoms with Crippen molar-refractivity contribution >= 4 is 86.8 Å². The Morgan fingerprint density at radius 1 is 0.889 bits per heavy atom. The molecular weight excluding hydrogens is 564 g/mol. The third kappa shape index (κ3) is 5.87. The van der Waals surface area contributed by atoms with E-state index in [1.165, 1.54) is 0 Å². The van der Waals surface area contributed by atoms with Crippen molar-refractivity contribution in [2.75, 3.05) is 36.2 Å². The van der Waals surface area contributed by atoms with Crippen LogP contribution in [0.5, 0.6) is 0 Å². The smallest absolute Gasteiger partial charge is 0.257 e. The highest BCUT2D eigenvalue weighted by atomic mass is 35.5. The van der Waals surface area contributed by atoms with Crippen molar-refractivity contribution in [2.24, 2.45) is 5.92 Å². The van der Waals surface area contributed by atoms with Crippen molar-refractivity contribution in [3.8, 4) is 0 Å². The molecule has 188 valence electrons.